The molecule has 4 heteroatoms. The summed E-state index contributed by atoms with van der Waals surface area (Å²) in [5.41, 5.74) is 7.96. The second-order valence-electron chi connectivity index (χ2n) is 4.04. The molecule has 2 rings (SSSR count). The van der Waals surface area contributed by atoms with Gasteiger partial charge in [0.05, 0.1) is 7.11 Å². The highest BCUT2D eigenvalue weighted by atomic mass is 19.1. The van der Waals surface area contributed by atoms with Gasteiger partial charge >= 0.3 is 0 Å². The largest absolute Gasteiger partial charge is 0.481 e. The fourth-order valence-electron chi connectivity index (χ4n) is 1.84. The van der Waals surface area contributed by atoms with Crippen LogP contribution in [-0.4, -0.2) is 12.1 Å². The van der Waals surface area contributed by atoms with Crippen LogP contribution in [0.2, 0.25) is 0 Å². The first-order valence-corrected chi connectivity index (χ1v) is 5.69. The second-order valence-corrected chi connectivity index (χ2v) is 4.04. The van der Waals surface area contributed by atoms with Gasteiger partial charge in [0.2, 0.25) is 5.88 Å². The van der Waals surface area contributed by atoms with Crippen LogP contribution in [0.5, 0.6) is 5.88 Å². The summed E-state index contributed by atoms with van der Waals surface area (Å²) in [5, 5.41) is 0. The third-order valence-electron chi connectivity index (χ3n) is 2.76. The highest BCUT2D eigenvalue weighted by Crippen LogP contribution is 2.23. The minimum Gasteiger partial charge on any atom is -0.481 e. The van der Waals surface area contributed by atoms with Crippen molar-refractivity contribution >= 4 is 0 Å². The molecule has 1 atom stereocenters. The van der Waals surface area contributed by atoms with Crippen LogP contribution in [0, 0.1) is 5.82 Å². The lowest BCUT2D eigenvalue weighted by Crippen LogP contribution is -2.15. The Kier molecular flexibility index (Phi) is 3.89. The highest BCUT2D eigenvalue weighted by Gasteiger charge is 2.13. The summed E-state index contributed by atoms with van der Waals surface area (Å²) in [7, 11) is 1.57. The van der Waals surface area contributed by atoms with E-state index in [4.69, 9.17) is 10.5 Å². The molecule has 1 unspecified atom stereocenters. The number of benzene rings is 1. The molecule has 0 saturated carbocycles. The molecule has 0 fully saturated rings. The van der Waals surface area contributed by atoms with Gasteiger partial charge in [-0.05, 0) is 30.2 Å². The lowest BCUT2D eigenvalue weighted by atomic mass is 10.0. The Bertz CT molecular complexity index is 513. The average molecular weight is 246 g/mol. The Morgan fingerprint density at radius 3 is 2.67 bits per heavy atom. The quantitative estimate of drug-likeness (QED) is 0.901. The van der Waals surface area contributed by atoms with E-state index in [9.17, 15) is 4.39 Å². The van der Waals surface area contributed by atoms with Crippen LogP contribution in [0.1, 0.15) is 17.2 Å². The van der Waals surface area contributed by atoms with Crippen LogP contribution in [0.3, 0.4) is 0 Å². The number of nitrogens with zero attached hydrogens (tertiary/aromatic N) is 1. The third-order valence-corrected chi connectivity index (χ3v) is 2.76. The number of pyridine rings is 1. The third kappa shape index (κ3) is 2.84. The van der Waals surface area contributed by atoms with E-state index >= 15 is 0 Å². The van der Waals surface area contributed by atoms with Crippen LogP contribution >= 0.6 is 0 Å². The Hall–Kier alpha value is -1.94. The molecule has 1 heterocycles. The molecule has 18 heavy (non-hydrogen) atoms. The van der Waals surface area contributed by atoms with Gasteiger partial charge in [0.15, 0.2) is 0 Å². The Morgan fingerprint density at radius 1 is 1.28 bits per heavy atom. The van der Waals surface area contributed by atoms with Crippen LogP contribution < -0.4 is 10.5 Å². The van der Waals surface area contributed by atoms with Gasteiger partial charge < -0.3 is 10.5 Å². The fraction of sp³-hybridized carbons (Fsp3) is 0.214. The molecule has 3 nitrogen and oxygen atoms in total. The molecule has 0 aliphatic rings. The lowest BCUT2D eigenvalue weighted by molar-refractivity contribution is 0.388. The van der Waals surface area contributed by atoms with E-state index < -0.39 is 0 Å². The van der Waals surface area contributed by atoms with Gasteiger partial charge in [0, 0.05) is 17.8 Å². The molecule has 1 aromatic heterocycles. The summed E-state index contributed by atoms with van der Waals surface area (Å²) in [4.78, 5) is 4.11. The van der Waals surface area contributed by atoms with Crippen LogP contribution in [0.25, 0.3) is 0 Å². The van der Waals surface area contributed by atoms with E-state index in [1.54, 1.807) is 25.4 Å². The van der Waals surface area contributed by atoms with Crippen molar-refractivity contribution in [1.29, 1.82) is 0 Å². The SMILES string of the molecule is COc1ncccc1C(N)Cc1ccc(F)cc1. The smallest absolute Gasteiger partial charge is 0.217 e. The topological polar surface area (TPSA) is 48.1 Å². The van der Waals surface area contributed by atoms with Crippen molar-refractivity contribution < 1.29 is 9.13 Å². The molecule has 0 spiro atoms. The number of halogens is 1. The Balaban J connectivity index is 2.16. The molecule has 0 bridgehead atoms. The van der Waals surface area contributed by atoms with Crippen LogP contribution in [0.15, 0.2) is 42.6 Å². The van der Waals surface area contributed by atoms with Crippen molar-refractivity contribution in [2.45, 2.75) is 12.5 Å². The molecule has 2 N–H and O–H groups in total. The summed E-state index contributed by atoms with van der Waals surface area (Å²) in [6.45, 7) is 0. The molecule has 2 aromatic rings. The van der Waals surface area contributed by atoms with E-state index in [2.05, 4.69) is 4.98 Å². The number of hydrogen-bond acceptors (Lipinski definition) is 3. The van der Waals surface area contributed by atoms with E-state index in [0.29, 0.717) is 12.3 Å². The number of aromatic nitrogens is 1. The van der Waals surface area contributed by atoms with Crippen molar-refractivity contribution in [2.75, 3.05) is 7.11 Å². The molecule has 94 valence electrons. The van der Waals surface area contributed by atoms with Gasteiger partial charge in [0.1, 0.15) is 5.82 Å². The maximum Gasteiger partial charge on any atom is 0.217 e. The Morgan fingerprint density at radius 2 is 2.00 bits per heavy atom. The van der Waals surface area contributed by atoms with E-state index in [0.717, 1.165) is 11.1 Å². The van der Waals surface area contributed by atoms with Gasteiger partial charge in [-0.3, -0.25) is 0 Å². The zero-order chi connectivity index (χ0) is 13.0. The predicted octanol–water partition coefficient (Wildman–Crippen LogP) is 2.47. The van der Waals surface area contributed by atoms with Crippen molar-refractivity contribution in [2.24, 2.45) is 5.73 Å². The van der Waals surface area contributed by atoms with Crippen LogP contribution in [0.4, 0.5) is 4.39 Å². The zero-order valence-corrected chi connectivity index (χ0v) is 10.1. The molecule has 0 aliphatic heterocycles. The minimum atomic E-state index is -0.244. The van der Waals surface area contributed by atoms with Gasteiger partial charge in [-0.25, -0.2) is 9.37 Å². The molecule has 0 saturated heterocycles. The number of nitrogens with two attached hydrogens (primary N) is 1. The summed E-state index contributed by atoms with van der Waals surface area (Å²) in [6.07, 6.45) is 2.27. The number of methoxy groups -OCH3 is 1. The van der Waals surface area contributed by atoms with E-state index in [-0.39, 0.29) is 11.9 Å². The molecular formula is C14H15FN2O. The Labute approximate surface area is 105 Å². The van der Waals surface area contributed by atoms with Crippen LogP contribution in [-0.2, 0) is 6.42 Å². The molecule has 0 radical (unpaired) electrons. The summed E-state index contributed by atoms with van der Waals surface area (Å²) in [5.74, 6) is 0.290. The second kappa shape index (κ2) is 5.60. The summed E-state index contributed by atoms with van der Waals surface area (Å²) in [6, 6.07) is 9.82. The molecule has 1 aromatic carbocycles. The molecule has 0 aliphatic carbocycles. The standard InChI is InChI=1S/C14H15FN2O/c1-18-14-12(3-2-8-17-14)13(16)9-10-4-6-11(15)7-5-10/h2-8,13H,9,16H2,1H3. The monoisotopic (exact) mass is 246 g/mol. The first-order valence-electron chi connectivity index (χ1n) is 5.69. The minimum absolute atomic E-state index is 0.223. The first-order chi connectivity index (χ1) is 8.70. The zero-order valence-electron chi connectivity index (χ0n) is 10.1. The van der Waals surface area contributed by atoms with Crippen molar-refractivity contribution in [1.82, 2.24) is 4.98 Å². The highest BCUT2D eigenvalue weighted by molar-refractivity contribution is 5.30. The van der Waals surface area contributed by atoms with Crippen molar-refractivity contribution in [3.63, 3.8) is 0 Å². The fourth-order valence-corrected chi connectivity index (χ4v) is 1.84. The summed E-state index contributed by atoms with van der Waals surface area (Å²) < 4.78 is 18.0. The van der Waals surface area contributed by atoms with E-state index in [1.807, 2.05) is 12.1 Å². The van der Waals surface area contributed by atoms with E-state index in [1.165, 1.54) is 12.1 Å². The normalized spacial score (nSPS) is 12.2. The van der Waals surface area contributed by atoms with Gasteiger partial charge in [-0.15, -0.1) is 0 Å². The molecule has 0 amide bonds. The maximum atomic E-state index is 12.8. The van der Waals surface area contributed by atoms with Gasteiger partial charge in [-0.2, -0.15) is 0 Å². The molecular weight excluding hydrogens is 231 g/mol. The number of hydrogen-bond donors (Lipinski definition) is 1. The van der Waals surface area contributed by atoms with Crippen molar-refractivity contribution in [3.8, 4) is 5.88 Å². The van der Waals surface area contributed by atoms with Gasteiger partial charge in [0.25, 0.3) is 0 Å². The lowest BCUT2D eigenvalue weighted by Gasteiger charge is -2.14. The van der Waals surface area contributed by atoms with Gasteiger partial charge in [-0.1, -0.05) is 18.2 Å². The first kappa shape index (κ1) is 12.5. The van der Waals surface area contributed by atoms with Crippen molar-refractivity contribution in [3.05, 3.63) is 59.5 Å². The number of ether oxygens (including phenoxy) is 1. The average Bonchev–Trinajstić information content (AvgIpc) is 2.41. The number of rotatable bonds is 4. The predicted molar refractivity (Wildman–Crippen MR) is 67.8 cm³/mol. The maximum absolute atomic E-state index is 12.8. The summed E-state index contributed by atoms with van der Waals surface area (Å²) >= 11 is 0.